The van der Waals surface area contributed by atoms with Gasteiger partial charge in [-0.05, 0) is 23.8 Å². The second-order valence-electron chi connectivity index (χ2n) is 4.52. The van der Waals surface area contributed by atoms with E-state index < -0.39 is 10.0 Å². The molecule has 0 saturated carbocycles. The Bertz CT molecular complexity index is 556. The van der Waals surface area contributed by atoms with E-state index in [1.165, 1.54) is 0 Å². The molecule has 2 aliphatic heterocycles. The first-order chi connectivity index (χ1) is 8.68. The molecule has 7 heteroatoms. The Morgan fingerprint density at radius 2 is 1.95 bits per heavy atom. The van der Waals surface area contributed by atoms with Crippen LogP contribution in [0.2, 0.25) is 0 Å². The van der Waals surface area contributed by atoms with Crippen molar-refractivity contribution in [3.8, 4) is 5.75 Å². The van der Waals surface area contributed by atoms with Gasteiger partial charge in [-0.2, -0.15) is 4.31 Å². The molecular weight excluding hydrogens is 288 g/mol. The fourth-order valence-electron chi connectivity index (χ4n) is 2.36. The molecule has 2 aliphatic rings. The lowest BCUT2D eigenvalue weighted by atomic mass is 10.2. The molecule has 0 atom stereocenters. The van der Waals surface area contributed by atoms with Crippen molar-refractivity contribution < 1.29 is 13.2 Å². The highest BCUT2D eigenvalue weighted by molar-refractivity contribution is 7.89. The van der Waals surface area contributed by atoms with E-state index in [-0.39, 0.29) is 12.4 Å². The Labute approximate surface area is 119 Å². The fraction of sp³-hybridized carbons (Fsp3) is 0.500. The minimum Gasteiger partial charge on any atom is -0.493 e. The zero-order chi connectivity index (χ0) is 12.6. The molecular formula is C12H17ClN2O3S. The van der Waals surface area contributed by atoms with Gasteiger partial charge in [0.2, 0.25) is 10.0 Å². The standard InChI is InChI=1S/C12H16N2O3S.ClH/c15-18(16,14-6-4-13-5-7-14)11-1-2-12-10(9-11)3-8-17-12;/h1-2,9,13H,3-8H2;1H. The van der Waals surface area contributed by atoms with Crippen molar-refractivity contribution in [1.29, 1.82) is 0 Å². The van der Waals surface area contributed by atoms with E-state index in [2.05, 4.69) is 5.32 Å². The van der Waals surface area contributed by atoms with Crippen molar-refractivity contribution in [2.45, 2.75) is 11.3 Å². The van der Waals surface area contributed by atoms with Gasteiger partial charge in [-0.3, -0.25) is 0 Å². The monoisotopic (exact) mass is 304 g/mol. The van der Waals surface area contributed by atoms with Crippen LogP contribution in [-0.4, -0.2) is 45.5 Å². The highest BCUT2D eigenvalue weighted by atomic mass is 35.5. The summed E-state index contributed by atoms with van der Waals surface area (Å²) in [6.45, 7) is 3.15. The van der Waals surface area contributed by atoms with E-state index in [0.29, 0.717) is 37.7 Å². The number of benzene rings is 1. The molecule has 0 bridgehead atoms. The van der Waals surface area contributed by atoms with Gasteiger partial charge >= 0.3 is 0 Å². The van der Waals surface area contributed by atoms with Crippen molar-refractivity contribution >= 4 is 22.4 Å². The zero-order valence-corrected chi connectivity index (χ0v) is 12.1. The minimum atomic E-state index is -3.35. The number of hydrogen-bond acceptors (Lipinski definition) is 4. The molecule has 0 spiro atoms. The molecule has 1 fully saturated rings. The molecule has 0 aromatic heterocycles. The van der Waals surface area contributed by atoms with Gasteiger partial charge in [0.05, 0.1) is 11.5 Å². The first-order valence-corrected chi connectivity index (χ1v) is 7.58. The highest BCUT2D eigenvalue weighted by Gasteiger charge is 2.27. The van der Waals surface area contributed by atoms with Crippen molar-refractivity contribution in [2.24, 2.45) is 0 Å². The number of ether oxygens (including phenoxy) is 1. The lowest BCUT2D eigenvalue weighted by Gasteiger charge is -2.26. The summed E-state index contributed by atoms with van der Waals surface area (Å²) in [4.78, 5) is 0.383. The molecule has 0 radical (unpaired) electrons. The van der Waals surface area contributed by atoms with Gasteiger partial charge < -0.3 is 10.1 Å². The Kier molecular flexibility index (Phi) is 4.35. The third-order valence-electron chi connectivity index (χ3n) is 3.37. The van der Waals surface area contributed by atoms with Crippen molar-refractivity contribution in [2.75, 3.05) is 32.8 Å². The topological polar surface area (TPSA) is 58.6 Å². The molecule has 0 aliphatic carbocycles. The minimum absolute atomic E-state index is 0. The normalized spacial score (nSPS) is 19.4. The third-order valence-corrected chi connectivity index (χ3v) is 5.27. The summed E-state index contributed by atoms with van der Waals surface area (Å²) in [5, 5.41) is 3.15. The van der Waals surface area contributed by atoms with Gasteiger partial charge in [0.15, 0.2) is 0 Å². The maximum atomic E-state index is 12.4. The van der Waals surface area contributed by atoms with Crippen molar-refractivity contribution in [1.82, 2.24) is 9.62 Å². The quantitative estimate of drug-likeness (QED) is 0.871. The smallest absolute Gasteiger partial charge is 0.243 e. The van der Waals surface area contributed by atoms with Crippen LogP contribution in [-0.2, 0) is 16.4 Å². The van der Waals surface area contributed by atoms with Gasteiger partial charge in [0, 0.05) is 32.6 Å². The lowest BCUT2D eigenvalue weighted by Crippen LogP contribution is -2.46. The molecule has 19 heavy (non-hydrogen) atoms. The van der Waals surface area contributed by atoms with E-state index in [9.17, 15) is 8.42 Å². The van der Waals surface area contributed by atoms with Crippen LogP contribution in [0.5, 0.6) is 5.75 Å². The van der Waals surface area contributed by atoms with Crippen LogP contribution in [0.25, 0.3) is 0 Å². The summed E-state index contributed by atoms with van der Waals surface area (Å²) < 4.78 is 31.8. The van der Waals surface area contributed by atoms with Gasteiger partial charge in [-0.1, -0.05) is 0 Å². The average Bonchev–Trinajstić information content (AvgIpc) is 2.87. The summed E-state index contributed by atoms with van der Waals surface area (Å²) in [5.41, 5.74) is 0.992. The number of hydrogen-bond donors (Lipinski definition) is 1. The van der Waals surface area contributed by atoms with Crippen LogP contribution in [0, 0.1) is 0 Å². The molecule has 0 unspecified atom stereocenters. The van der Waals surface area contributed by atoms with Crippen molar-refractivity contribution in [3.63, 3.8) is 0 Å². The first kappa shape index (κ1) is 14.6. The summed E-state index contributed by atoms with van der Waals surface area (Å²) in [6.07, 6.45) is 0.792. The predicted molar refractivity (Wildman–Crippen MR) is 74.5 cm³/mol. The maximum absolute atomic E-state index is 12.4. The largest absolute Gasteiger partial charge is 0.493 e. The highest BCUT2D eigenvalue weighted by Crippen LogP contribution is 2.28. The average molecular weight is 305 g/mol. The van der Waals surface area contributed by atoms with E-state index in [1.54, 1.807) is 22.5 Å². The lowest BCUT2D eigenvalue weighted by molar-refractivity contribution is 0.356. The molecule has 1 aromatic carbocycles. The Morgan fingerprint density at radius 3 is 2.68 bits per heavy atom. The Hall–Kier alpha value is -0.820. The van der Waals surface area contributed by atoms with E-state index >= 15 is 0 Å². The summed E-state index contributed by atoms with van der Waals surface area (Å²) in [5.74, 6) is 0.814. The molecule has 1 saturated heterocycles. The summed E-state index contributed by atoms with van der Waals surface area (Å²) in [7, 11) is -3.35. The van der Waals surface area contributed by atoms with Crippen LogP contribution in [0.4, 0.5) is 0 Å². The molecule has 3 rings (SSSR count). The number of rotatable bonds is 2. The molecule has 1 aromatic rings. The molecule has 0 amide bonds. The third kappa shape index (κ3) is 2.72. The van der Waals surface area contributed by atoms with E-state index in [4.69, 9.17) is 4.74 Å². The van der Waals surface area contributed by atoms with Gasteiger partial charge in [0.1, 0.15) is 5.75 Å². The molecule has 106 valence electrons. The number of piperazine rings is 1. The van der Waals surface area contributed by atoms with Gasteiger partial charge in [0.25, 0.3) is 0 Å². The number of nitrogens with zero attached hydrogens (tertiary/aromatic N) is 1. The van der Waals surface area contributed by atoms with Gasteiger partial charge in [-0.25, -0.2) is 8.42 Å². The van der Waals surface area contributed by atoms with E-state index in [0.717, 1.165) is 17.7 Å². The predicted octanol–water partition coefficient (Wildman–Crippen LogP) is 0.637. The second-order valence-corrected chi connectivity index (χ2v) is 6.46. The second kappa shape index (κ2) is 5.66. The van der Waals surface area contributed by atoms with Crippen molar-refractivity contribution in [3.05, 3.63) is 23.8 Å². The SMILES string of the molecule is Cl.O=S(=O)(c1ccc2c(c1)CCO2)N1CCNCC1. The Balaban J connectivity index is 0.00000133. The van der Waals surface area contributed by atoms with Crippen LogP contribution in [0.15, 0.2) is 23.1 Å². The summed E-state index contributed by atoms with van der Waals surface area (Å²) in [6, 6.07) is 5.15. The van der Waals surface area contributed by atoms with Gasteiger partial charge in [-0.15, -0.1) is 12.4 Å². The maximum Gasteiger partial charge on any atom is 0.243 e. The zero-order valence-electron chi connectivity index (χ0n) is 10.5. The number of nitrogens with one attached hydrogen (secondary N) is 1. The molecule has 5 nitrogen and oxygen atoms in total. The summed E-state index contributed by atoms with van der Waals surface area (Å²) >= 11 is 0. The number of fused-ring (bicyclic) bond motifs is 1. The number of sulfonamides is 1. The van der Waals surface area contributed by atoms with Crippen LogP contribution < -0.4 is 10.1 Å². The van der Waals surface area contributed by atoms with E-state index in [1.807, 2.05) is 0 Å². The van der Waals surface area contributed by atoms with Crippen LogP contribution in [0.3, 0.4) is 0 Å². The fourth-order valence-corrected chi connectivity index (χ4v) is 3.85. The molecule has 1 N–H and O–H groups in total. The number of halogens is 1. The first-order valence-electron chi connectivity index (χ1n) is 6.14. The Morgan fingerprint density at radius 1 is 1.21 bits per heavy atom. The molecule has 2 heterocycles. The van der Waals surface area contributed by atoms with Crippen LogP contribution >= 0.6 is 12.4 Å². The van der Waals surface area contributed by atoms with Crippen LogP contribution in [0.1, 0.15) is 5.56 Å².